The third-order valence-corrected chi connectivity index (χ3v) is 4.15. The number of anilines is 2. The number of alkyl halides is 3. The summed E-state index contributed by atoms with van der Waals surface area (Å²) >= 11 is 0. The van der Waals surface area contributed by atoms with Crippen molar-refractivity contribution in [3.8, 4) is 22.8 Å². The van der Waals surface area contributed by atoms with Crippen molar-refractivity contribution in [2.45, 2.75) is 6.18 Å². The van der Waals surface area contributed by atoms with E-state index in [2.05, 4.69) is 20.3 Å². The zero-order valence-corrected chi connectivity index (χ0v) is 15.1. The fourth-order valence-electron chi connectivity index (χ4n) is 2.79. The molecule has 0 bridgehead atoms. The van der Waals surface area contributed by atoms with Crippen LogP contribution in [0.3, 0.4) is 0 Å². The third kappa shape index (κ3) is 4.40. The van der Waals surface area contributed by atoms with Crippen LogP contribution >= 0.6 is 0 Å². The minimum absolute atomic E-state index is 0.318. The Kier molecular flexibility index (Phi) is 4.95. The molecule has 4 aromatic rings. The molecule has 7 heteroatoms. The molecular formula is C22H15F3N4. The Hall–Kier alpha value is -3.74. The molecule has 0 radical (unpaired) electrons. The number of benzene rings is 2. The van der Waals surface area contributed by atoms with Crippen molar-refractivity contribution in [1.29, 1.82) is 0 Å². The average molecular weight is 392 g/mol. The van der Waals surface area contributed by atoms with Gasteiger partial charge in [-0.25, -0.2) is 9.97 Å². The molecule has 0 aliphatic rings. The molecule has 0 aliphatic carbocycles. The number of nitrogens with one attached hydrogen (secondary N) is 1. The monoisotopic (exact) mass is 392 g/mol. The minimum atomic E-state index is -4.43. The lowest BCUT2D eigenvalue weighted by Crippen LogP contribution is -2.05. The maximum atomic E-state index is 13.1. The highest BCUT2D eigenvalue weighted by atomic mass is 19.4. The number of aromatic nitrogens is 3. The largest absolute Gasteiger partial charge is 0.416 e. The van der Waals surface area contributed by atoms with Gasteiger partial charge in [0.15, 0.2) is 5.82 Å². The summed E-state index contributed by atoms with van der Waals surface area (Å²) in [5.74, 6) is 0.776. The highest BCUT2D eigenvalue weighted by Crippen LogP contribution is 2.33. The van der Waals surface area contributed by atoms with Gasteiger partial charge < -0.3 is 5.32 Å². The van der Waals surface area contributed by atoms with Gasteiger partial charge in [0.2, 0.25) is 0 Å². The van der Waals surface area contributed by atoms with E-state index in [9.17, 15) is 13.2 Å². The number of nitrogens with zero attached hydrogens (tertiary/aromatic N) is 3. The lowest BCUT2D eigenvalue weighted by Gasteiger charge is -2.12. The molecule has 0 amide bonds. The van der Waals surface area contributed by atoms with Crippen molar-refractivity contribution in [1.82, 2.24) is 15.0 Å². The van der Waals surface area contributed by atoms with Crippen LogP contribution in [-0.2, 0) is 6.18 Å². The number of pyridine rings is 1. The number of rotatable bonds is 4. The van der Waals surface area contributed by atoms with E-state index in [4.69, 9.17) is 0 Å². The molecule has 2 heterocycles. The predicted molar refractivity (Wildman–Crippen MR) is 105 cm³/mol. The Morgan fingerprint density at radius 1 is 0.724 bits per heavy atom. The van der Waals surface area contributed by atoms with E-state index in [1.54, 1.807) is 36.5 Å². The van der Waals surface area contributed by atoms with Gasteiger partial charge >= 0.3 is 6.18 Å². The molecule has 0 unspecified atom stereocenters. The van der Waals surface area contributed by atoms with Crippen LogP contribution in [0.15, 0.2) is 85.1 Å². The van der Waals surface area contributed by atoms with E-state index in [1.165, 1.54) is 6.07 Å². The molecule has 0 spiro atoms. The van der Waals surface area contributed by atoms with Gasteiger partial charge in [0, 0.05) is 23.5 Å². The van der Waals surface area contributed by atoms with E-state index in [-0.39, 0.29) is 0 Å². The van der Waals surface area contributed by atoms with Gasteiger partial charge in [-0.15, -0.1) is 0 Å². The van der Waals surface area contributed by atoms with Crippen LogP contribution in [0.5, 0.6) is 0 Å². The van der Waals surface area contributed by atoms with Crippen LogP contribution < -0.4 is 5.32 Å². The van der Waals surface area contributed by atoms with Crippen molar-refractivity contribution in [2.75, 3.05) is 5.32 Å². The van der Waals surface area contributed by atoms with E-state index < -0.39 is 11.7 Å². The summed E-state index contributed by atoms with van der Waals surface area (Å²) in [6.07, 6.45) is -2.82. The van der Waals surface area contributed by atoms with Crippen LogP contribution in [0.1, 0.15) is 5.56 Å². The first-order chi connectivity index (χ1) is 14.0. The van der Waals surface area contributed by atoms with Crippen LogP contribution in [0.4, 0.5) is 24.7 Å². The minimum Gasteiger partial charge on any atom is -0.340 e. The van der Waals surface area contributed by atoms with Gasteiger partial charge in [-0.05, 0) is 36.4 Å². The lowest BCUT2D eigenvalue weighted by atomic mass is 10.1. The molecule has 4 rings (SSSR count). The van der Waals surface area contributed by atoms with E-state index in [0.717, 1.165) is 17.8 Å². The van der Waals surface area contributed by atoms with Crippen molar-refractivity contribution in [3.63, 3.8) is 0 Å². The van der Waals surface area contributed by atoms with Crippen molar-refractivity contribution >= 4 is 11.5 Å². The van der Waals surface area contributed by atoms with Gasteiger partial charge in [-0.3, -0.25) is 4.98 Å². The third-order valence-electron chi connectivity index (χ3n) is 4.15. The first-order valence-electron chi connectivity index (χ1n) is 8.79. The normalized spacial score (nSPS) is 11.3. The highest BCUT2D eigenvalue weighted by Gasteiger charge is 2.30. The molecular weight excluding hydrogens is 377 g/mol. The van der Waals surface area contributed by atoms with Crippen molar-refractivity contribution < 1.29 is 13.2 Å². The summed E-state index contributed by atoms with van der Waals surface area (Å²) in [7, 11) is 0. The Morgan fingerprint density at radius 3 is 2.24 bits per heavy atom. The molecule has 0 fully saturated rings. The van der Waals surface area contributed by atoms with E-state index in [1.807, 2.05) is 30.3 Å². The van der Waals surface area contributed by atoms with Crippen LogP contribution in [0, 0.1) is 0 Å². The first-order valence-corrected chi connectivity index (χ1v) is 8.79. The molecule has 0 atom stereocenters. The number of para-hydroxylation sites is 1. The number of hydrogen-bond acceptors (Lipinski definition) is 4. The Labute approximate surface area is 165 Å². The maximum Gasteiger partial charge on any atom is 0.416 e. The summed E-state index contributed by atoms with van der Waals surface area (Å²) in [5.41, 5.74) is 1.30. The molecule has 0 aliphatic heterocycles. The zero-order valence-electron chi connectivity index (χ0n) is 15.1. The van der Waals surface area contributed by atoms with Crippen LogP contribution in [-0.4, -0.2) is 15.0 Å². The van der Waals surface area contributed by atoms with E-state index in [0.29, 0.717) is 28.6 Å². The molecule has 144 valence electrons. The fourth-order valence-corrected chi connectivity index (χ4v) is 2.79. The second-order valence-electron chi connectivity index (χ2n) is 6.25. The van der Waals surface area contributed by atoms with E-state index >= 15 is 0 Å². The van der Waals surface area contributed by atoms with Gasteiger partial charge in [-0.1, -0.05) is 36.4 Å². The molecule has 2 aromatic carbocycles. The molecule has 4 nitrogen and oxygen atoms in total. The Balaban J connectivity index is 1.82. The molecule has 0 saturated carbocycles. The molecule has 0 saturated heterocycles. The zero-order chi connectivity index (χ0) is 20.3. The summed E-state index contributed by atoms with van der Waals surface area (Å²) in [6, 6.07) is 21.4. The average Bonchev–Trinajstić information content (AvgIpc) is 2.74. The lowest BCUT2D eigenvalue weighted by molar-refractivity contribution is -0.137. The second-order valence-corrected chi connectivity index (χ2v) is 6.25. The van der Waals surface area contributed by atoms with Gasteiger partial charge in [0.1, 0.15) is 11.5 Å². The van der Waals surface area contributed by atoms with Crippen LogP contribution in [0.25, 0.3) is 22.8 Å². The van der Waals surface area contributed by atoms with Crippen LogP contribution in [0.2, 0.25) is 0 Å². The summed E-state index contributed by atoms with van der Waals surface area (Å²) in [4.78, 5) is 13.2. The van der Waals surface area contributed by atoms with Gasteiger partial charge in [0.25, 0.3) is 0 Å². The fraction of sp³-hybridized carbons (Fsp3) is 0.0455. The summed E-state index contributed by atoms with van der Waals surface area (Å²) in [5, 5.41) is 3.17. The van der Waals surface area contributed by atoms with Crippen molar-refractivity contribution in [2.24, 2.45) is 0 Å². The standard InChI is InChI=1S/C22H15F3N4/c23-22(24,25)16-8-6-7-15(13-16)19-14-20(27-17-9-2-1-3-10-17)29-21(28-19)18-11-4-5-12-26-18/h1-14H,(H,27,28,29). The Bertz CT molecular complexity index is 1110. The number of hydrogen-bond donors (Lipinski definition) is 1. The smallest absolute Gasteiger partial charge is 0.340 e. The highest BCUT2D eigenvalue weighted by molar-refractivity contribution is 5.69. The van der Waals surface area contributed by atoms with Crippen molar-refractivity contribution in [3.05, 3.63) is 90.6 Å². The molecule has 2 aromatic heterocycles. The molecule has 1 N–H and O–H groups in total. The predicted octanol–water partition coefficient (Wildman–Crippen LogP) is 5.97. The van der Waals surface area contributed by atoms with Gasteiger partial charge in [-0.2, -0.15) is 13.2 Å². The molecule has 29 heavy (non-hydrogen) atoms. The maximum absolute atomic E-state index is 13.1. The Morgan fingerprint density at radius 2 is 1.52 bits per heavy atom. The second kappa shape index (κ2) is 7.71. The topological polar surface area (TPSA) is 50.7 Å². The van der Waals surface area contributed by atoms with Gasteiger partial charge in [0.05, 0.1) is 11.3 Å². The SMILES string of the molecule is FC(F)(F)c1cccc(-c2cc(Nc3ccccc3)nc(-c3ccccn3)n2)c1. The quantitative estimate of drug-likeness (QED) is 0.465. The summed E-state index contributed by atoms with van der Waals surface area (Å²) < 4.78 is 39.4. The summed E-state index contributed by atoms with van der Waals surface area (Å²) in [6.45, 7) is 0. The number of halogens is 3. The first kappa shape index (κ1) is 18.6.